The first-order chi connectivity index (χ1) is 10.1. The van der Waals surface area contributed by atoms with Gasteiger partial charge in [-0.15, -0.1) is 0 Å². The predicted molar refractivity (Wildman–Crippen MR) is 77.6 cm³/mol. The number of rotatable bonds is 3. The van der Waals surface area contributed by atoms with E-state index in [1.165, 1.54) is 12.1 Å². The van der Waals surface area contributed by atoms with Crippen molar-refractivity contribution in [2.75, 3.05) is 18.9 Å². The molecule has 1 heterocycles. The quantitative estimate of drug-likeness (QED) is 0.883. The number of hydrogen-bond donors (Lipinski definition) is 1. The monoisotopic (exact) mass is 309 g/mol. The van der Waals surface area contributed by atoms with Gasteiger partial charge in [-0.05, 0) is 18.2 Å². The van der Waals surface area contributed by atoms with Gasteiger partial charge in [0.25, 0.3) is 0 Å². The van der Waals surface area contributed by atoms with E-state index in [1.54, 1.807) is 18.2 Å². The van der Waals surface area contributed by atoms with Crippen molar-refractivity contribution in [3.63, 3.8) is 0 Å². The van der Waals surface area contributed by atoms with Gasteiger partial charge in [-0.2, -0.15) is 0 Å². The van der Waals surface area contributed by atoms with E-state index in [1.807, 2.05) is 0 Å². The van der Waals surface area contributed by atoms with Crippen LogP contribution in [-0.2, 0) is 6.61 Å². The molecule has 1 aliphatic heterocycles. The molecule has 1 aliphatic rings. The lowest BCUT2D eigenvalue weighted by atomic mass is 10.1. The van der Waals surface area contributed by atoms with Gasteiger partial charge in [0.2, 0.25) is 0 Å². The van der Waals surface area contributed by atoms with Crippen molar-refractivity contribution in [2.45, 2.75) is 6.61 Å². The van der Waals surface area contributed by atoms with Gasteiger partial charge >= 0.3 is 0 Å². The molecule has 0 spiro atoms. The van der Waals surface area contributed by atoms with Gasteiger partial charge in [0, 0.05) is 23.4 Å². The van der Waals surface area contributed by atoms with Crippen molar-refractivity contribution in [3.8, 4) is 17.2 Å². The standard InChI is InChI=1S/C15H13ClFNO3/c16-11-2-1-10(6-12(11)17)21-8-9-5-14-15(7-13(9)18)20-4-3-19-14/h1-2,5-7H,3-4,8,18H2. The van der Waals surface area contributed by atoms with E-state index in [9.17, 15) is 4.39 Å². The van der Waals surface area contributed by atoms with Crippen LogP contribution >= 0.6 is 11.6 Å². The smallest absolute Gasteiger partial charge is 0.163 e. The van der Waals surface area contributed by atoms with Crippen LogP contribution in [0.2, 0.25) is 5.02 Å². The zero-order valence-electron chi connectivity index (χ0n) is 11.1. The van der Waals surface area contributed by atoms with Gasteiger partial charge < -0.3 is 19.9 Å². The largest absolute Gasteiger partial charge is 0.489 e. The van der Waals surface area contributed by atoms with E-state index in [4.69, 9.17) is 31.5 Å². The fourth-order valence-corrected chi connectivity index (χ4v) is 2.12. The lowest BCUT2D eigenvalue weighted by molar-refractivity contribution is 0.171. The maximum atomic E-state index is 13.3. The highest BCUT2D eigenvalue weighted by Gasteiger charge is 2.15. The summed E-state index contributed by atoms with van der Waals surface area (Å²) < 4.78 is 29.8. The second-order valence-corrected chi connectivity index (χ2v) is 4.97. The Bertz CT molecular complexity index is 678. The Balaban J connectivity index is 1.77. The van der Waals surface area contributed by atoms with E-state index >= 15 is 0 Å². The zero-order chi connectivity index (χ0) is 14.8. The van der Waals surface area contributed by atoms with E-state index in [2.05, 4.69) is 0 Å². The molecule has 0 aromatic heterocycles. The third-order valence-electron chi connectivity index (χ3n) is 3.09. The van der Waals surface area contributed by atoms with Crippen LogP contribution in [-0.4, -0.2) is 13.2 Å². The van der Waals surface area contributed by atoms with E-state index in [0.717, 1.165) is 5.56 Å². The second kappa shape index (κ2) is 5.69. The molecule has 4 nitrogen and oxygen atoms in total. The molecule has 6 heteroatoms. The molecule has 110 valence electrons. The van der Waals surface area contributed by atoms with E-state index < -0.39 is 5.82 Å². The van der Waals surface area contributed by atoms with Crippen molar-refractivity contribution in [3.05, 3.63) is 46.7 Å². The summed E-state index contributed by atoms with van der Waals surface area (Å²) in [6.45, 7) is 1.20. The van der Waals surface area contributed by atoms with Crippen LogP contribution in [0.25, 0.3) is 0 Å². The number of fused-ring (bicyclic) bond motifs is 1. The molecular formula is C15H13ClFNO3. The first kappa shape index (κ1) is 13.8. The van der Waals surface area contributed by atoms with Gasteiger partial charge in [0.1, 0.15) is 31.4 Å². The average Bonchev–Trinajstić information content (AvgIpc) is 2.48. The first-order valence-electron chi connectivity index (χ1n) is 6.39. The molecule has 0 saturated carbocycles. The number of ether oxygens (including phenoxy) is 3. The number of nitrogen functional groups attached to an aromatic ring is 1. The van der Waals surface area contributed by atoms with Crippen molar-refractivity contribution in [1.29, 1.82) is 0 Å². The Labute approximate surface area is 126 Å². The first-order valence-corrected chi connectivity index (χ1v) is 6.77. The van der Waals surface area contributed by atoms with Crippen LogP contribution in [0, 0.1) is 5.82 Å². The van der Waals surface area contributed by atoms with Crippen LogP contribution in [0.5, 0.6) is 17.2 Å². The molecule has 0 saturated heterocycles. The molecule has 2 aromatic carbocycles. The normalized spacial score (nSPS) is 13.0. The minimum Gasteiger partial charge on any atom is -0.489 e. The summed E-state index contributed by atoms with van der Waals surface area (Å²) in [7, 11) is 0. The topological polar surface area (TPSA) is 53.7 Å². The summed E-state index contributed by atoms with van der Waals surface area (Å²) in [6.07, 6.45) is 0. The summed E-state index contributed by atoms with van der Waals surface area (Å²) in [5.41, 5.74) is 7.23. The third-order valence-corrected chi connectivity index (χ3v) is 3.40. The van der Waals surface area contributed by atoms with Crippen LogP contribution in [0.15, 0.2) is 30.3 Å². The Morgan fingerprint density at radius 2 is 1.86 bits per heavy atom. The highest BCUT2D eigenvalue weighted by Crippen LogP contribution is 2.35. The summed E-state index contributed by atoms with van der Waals surface area (Å²) in [5, 5.41) is 0.0567. The highest BCUT2D eigenvalue weighted by molar-refractivity contribution is 6.30. The summed E-state index contributed by atoms with van der Waals surface area (Å²) in [6, 6.07) is 7.75. The van der Waals surface area contributed by atoms with Crippen molar-refractivity contribution >= 4 is 17.3 Å². The van der Waals surface area contributed by atoms with Gasteiger partial charge in [-0.1, -0.05) is 11.6 Å². The fourth-order valence-electron chi connectivity index (χ4n) is 2.00. The summed E-state index contributed by atoms with van der Waals surface area (Å²) in [4.78, 5) is 0. The van der Waals surface area contributed by atoms with E-state index in [0.29, 0.717) is 36.1 Å². The number of halogens is 2. The number of nitrogens with two attached hydrogens (primary N) is 1. The summed E-state index contributed by atoms with van der Waals surface area (Å²) in [5.74, 6) is 1.12. The van der Waals surface area contributed by atoms with Crippen molar-refractivity contribution in [1.82, 2.24) is 0 Å². The molecule has 0 fully saturated rings. The summed E-state index contributed by atoms with van der Waals surface area (Å²) >= 11 is 5.62. The van der Waals surface area contributed by atoms with Crippen LogP contribution in [0.3, 0.4) is 0 Å². The zero-order valence-corrected chi connectivity index (χ0v) is 11.8. The second-order valence-electron chi connectivity index (χ2n) is 4.56. The average molecular weight is 310 g/mol. The Hall–Kier alpha value is -2.14. The highest BCUT2D eigenvalue weighted by atomic mass is 35.5. The molecule has 3 rings (SSSR count). The third kappa shape index (κ3) is 2.97. The lowest BCUT2D eigenvalue weighted by Gasteiger charge is -2.20. The lowest BCUT2D eigenvalue weighted by Crippen LogP contribution is -2.16. The Kier molecular flexibility index (Phi) is 3.75. The fraction of sp³-hybridized carbons (Fsp3) is 0.200. The predicted octanol–water partition coefficient (Wildman–Crippen LogP) is 3.41. The molecule has 0 atom stereocenters. The maximum Gasteiger partial charge on any atom is 0.163 e. The molecule has 0 unspecified atom stereocenters. The van der Waals surface area contributed by atoms with Gasteiger partial charge in [-0.3, -0.25) is 0 Å². The number of hydrogen-bond acceptors (Lipinski definition) is 4. The van der Waals surface area contributed by atoms with E-state index in [-0.39, 0.29) is 11.6 Å². The SMILES string of the molecule is Nc1cc2c(cc1COc1ccc(Cl)c(F)c1)OCCO2. The minimum absolute atomic E-state index is 0.0567. The maximum absolute atomic E-state index is 13.3. The number of anilines is 1. The van der Waals surface area contributed by atoms with Gasteiger partial charge in [0.15, 0.2) is 11.5 Å². The van der Waals surface area contributed by atoms with Crippen LogP contribution < -0.4 is 19.9 Å². The molecule has 21 heavy (non-hydrogen) atoms. The van der Waals surface area contributed by atoms with Crippen LogP contribution in [0.1, 0.15) is 5.56 Å². The van der Waals surface area contributed by atoms with Gasteiger partial charge in [0.05, 0.1) is 5.02 Å². The minimum atomic E-state index is -0.524. The molecular weight excluding hydrogens is 297 g/mol. The van der Waals surface area contributed by atoms with Crippen molar-refractivity contribution in [2.24, 2.45) is 0 Å². The Morgan fingerprint density at radius 1 is 1.14 bits per heavy atom. The van der Waals surface area contributed by atoms with Crippen molar-refractivity contribution < 1.29 is 18.6 Å². The molecule has 2 aromatic rings. The molecule has 0 aliphatic carbocycles. The Morgan fingerprint density at radius 3 is 2.57 bits per heavy atom. The van der Waals surface area contributed by atoms with Gasteiger partial charge in [-0.25, -0.2) is 4.39 Å². The molecule has 0 radical (unpaired) electrons. The molecule has 0 bridgehead atoms. The number of benzene rings is 2. The van der Waals surface area contributed by atoms with Crippen LogP contribution in [0.4, 0.5) is 10.1 Å². The molecule has 0 amide bonds. The molecule has 2 N–H and O–H groups in total.